The number of aryl methyl sites for hydroxylation is 1. The summed E-state index contributed by atoms with van der Waals surface area (Å²) >= 11 is 0. The van der Waals surface area contributed by atoms with E-state index in [0.717, 1.165) is 17.4 Å². The number of rotatable bonds is 0. The SMILES string of the molecule is CC(C)(C)c1cc2c3cc4c(cc3n3c5cc(C(C)(C)C)c6c(c5c(c1)c23)CCC6)c1cc(C(C)(C)C)cc2c3c5c(c(C#N)cc3n4c12)C1CC2CC(C1)CC5C2. The fourth-order valence-corrected chi connectivity index (χ4v) is 13.9. The maximum atomic E-state index is 11.0. The second-order valence-corrected chi connectivity index (χ2v) is 22.8. The van der Waals surface area contributed by atoms with Gasteiger partial charge in [-0.25, -0.2) is 0 Å². The zero-order valence-corrected chi connectivity index (χ0v) is 35.9. The molecule has 0 spiro atoms. The number of benzene rings is 5. The monoisotopic (exact) mass is 757 g/mol. The van der Waals surface area contributed by atoms with Gasteiger partial charge in [0.2, 0.25) is 0 Å². The summed E-state index contributed by atoms with van der Waals surface area (Å²) in [6.45, 7) is 21.5. The van der Waals surface area contributed by atoms with E-state index in [0.29, 0.717) is 11.8 Å². The van der Waals surface area contributed by atoms with Gasteiger partial charge in [0.1, 0.15) is 0 Å². The minimum Gasteiger partial charge on any atom is -0.308 e. The Morgan fingerprint density at radius 1 is 0.500 bits per heavy atom. The molecule has 4 heterocycles. The van der Waals surface area contributed by atoms with Gasteiger partial charge in [0.15, 0.2) is 0 Å². The van der Waals surface area contributed by atoms with Gasteiger partial charge in [-0.2, -0.15) is 5.26 Å². The lowest BCUT2D eigenvalue weighted by molar-refractivity contribution is 0.166. The lowest BCUT2D eigenvalue weighted by Gasteiger charge is -2.38. The number of nitriles is 1. The molecule has 2 atom stereocenters. The van der Waals surface area contributed by atoms with Gasteiger partial charge in [-0.05, 0) is 179 Å². The summed E-state index contributed by atoms with van der Waals surface area (Å²) in [5.74, 6) is 2.68. The van der Waals surface area contributed by atoms with Gasteiger partial charge in [-0.15, -0.1) is 0 Å². The Balaban J connectivity index is 1.24. The van der Waals surface area contributed by atoms with E-state index in [2.05, 4.69) is 126 Å². The summed E-state index contributed by atoms with van der Waals surface area (Å²) in [6.07, 6.45) is 10.1. The molecule has 9 aromatic rings. The second-order valence-electron chi connectivity index (χ2n) is 22.8. The third-order valence-electron chi connectivity index (χ3n) is 16.2. The molecule has 290 valence electrons. The average molecular weight is 758 g/mol. The van der Waals surface area contributed by atoms with Gasteiger partial charge < -0.3 is 8.80 Å². The lowest BCUT2D eigenvalue weighted by Crippen LogP contribution is -2.25. The van der Waals surface area contributed by atoms with Crippen LogP contribution in [0, 0.1) is 23.2 Å². The molecule has 3 nitrogen and oxygen atoms in total. The van der Waals surface area contributed by atoms with Gasteiger partial charge in [-0.1, -0.05) is 62.3 Å². The maximum absolute atomic E-state index is 11.0. The van der Waals surface area contributed by atoms with E-state index in [9.17, 15) is 5.26 Å². The third kappa shape index (κ3) is 4.11. The first-order valence-electron chi connectivity index (χ1n) is 22.6. The van der Waals surface area contributed by atoms with Crippen LogP contribution in [0.15, 0.2) is 48.5 Å². The predicted octanol–water partition coefficient (Wildman–Crippen LogP) is 14.6. The van der Waals surface area contributed by atoms with Gasteiger partial charge in [0.25, 0.3) is 0 Å². The van der Waals surface area contributed by atoms with Gasteiger partial charge >= 0.3 is 0 Å². The van der Waals surface area contributed by atoms with E-state index in [1.54, 1.807) is 16.7 Å². The highest BCUT2D eigenvalue weighted by Crippen LogP contribution is 2.60. The molecule has 0 radical (unpaired) electrons. The van der Waals surface area contributed by atoms with Crippen molar-refractivity contribution in [3.63, 3.8) is 0 Å². The van der Waals surface area contributed by atoms with Crippen LogP contribution in [0.2, 0.25) is 0 Å². The first kappa shape index (κ1) is 34.1. The fourth-order valence-electron chi connectivity index (χ4n) is 13.9. The molecular formula is C55H55N3. The molecular weight excluding hydrogens is 703 g/mol. The van der Waals surface area contributed by atoms with Crippen LogP contribution >= 0.6 is 0 Å². The van der Waals surface area contributed by atoms with Crippen LogP contribution in [-0.2, 0) is 29.1 Å². The van der Waals surface area contributed by atoms with Crippen LogP contribution in [0.1, 0.15) is 157 Å². The summed E-state index contributed by atoms with van der Waals surface area (Å²) in [6, 6.07) is 23.0. The van der Waals surface area contributed by atoms with E-state index >= 15 is 0 Å². The van der Waals surface area contributed by atoms with Gasteiger partial charge in [0, 0.05) is 43.1 Å². The second kappa shape index (κ2) is 10.5. The van der Waals surface area contributed by atoms with Crippen molar-refractivity contribution >= 4 is 76.2 Å². The topological polar surface area (TPSA) is 32.6 Å². The van der Waals surface area contributed by atoms with Crippen molar-refractivity contribution in [1.82, 2.24) is 8.80 Å². The molecule has 4 bridgehead atoms. The Morgan fingerprint density at radius 3 is 1.53 bits per heavy atom. The van der Waals surface area contributed by atoms with Crippen LogP contribution in [-0.4, -0.2) is 8.80 Å². The average Bonchev–Trinajstić information content (AvgIpc) is 3.95. The predicted molar refractivity (Wildman–Crippen MR) is 244 cm³/mol. The van der Waals surface area contributed by atoms with Crippen molar-refractivity contribution in [2.24, 2.45) is 11.8 Å². The Labute approximate surface area is 341 Å². The molecule has 0 aliphatic heterocycles. The minimum atomic E-state index is -0.00815. The maximum Gasteiger partial charge on any atom is 0.0995 e. The molecule has 2 saturated carbocycles. The van der Waals surface area contributed by atoms with E-state index in [-0.39, 0.29) is 16.2 Å². The molecule has 14 rings (SSSR count). The van der Waals surface area contributed by atoms with Crippen molar-refractivity contribution in [1.29, 1.82) is 5.26 Å². The normalized spacial score (nSPS) is 22.3. The number of nitrogens with zero attached hydrogens (tertiary/aromatic N) is 3. The summed E-state index contributed by atoms with van der Waals surface area (Å²) < 4.78 is 5.28. The summed E-state index contributed by atoms with van der Waals surface area (Å²) in [4.78, 5) is 0. The van der Waals surface area contributed by atoms with Crippen molar-refractivity contribution in [2.45, 2.75) is 142 Å². The molecule has 58 heavy (non-hydrogen) atoms. The Hall–Kier alpha value is -4.81. The number of aromatic nitrogens is 2. The number of fused-ring (bicyclic) bond motifs is 14. The van der Waals surface area contributed by atoms with Crippen LogP contribution in [0.25, 0.3) is 76.2 Å². The Morgan fingerprint density at radius 2 is 1.00 bits per heavy atom. The standard InChI is InChI=1S/C55H55N3/c1-53(2,3)32-19-38-36-23-43-37(24-44(36)58-46-25-42(55(7,8)9)34-11-10-12-35(34)49(46)40(21-32)51(38)58)39-20-33(54(4,5)6)22-41-50-45(57(43)52(39)41)18-31(26-56)47-29-14-27-13-28(15-29)17-30(16-27)48(47)50/h18-25,27-30H,10-17H2,1-9H3. The van der Waals surface area contributed by atoms with E-state index < -0.39 is 0 Å². The van der Waals surface area contributed by atoms with Crippen LogP contribution in [0.4, 0.5) is 0 Å². The summed E-state index contributed by atoms with van der Waals surface area (Å²) in [5.41, 5.74) is 19.5. The summed E-state index contributed by atoms with van der Waals surface area (Å²) in [7, 11) is 0. The molecule has 5 aliphatic rings. The molecule has 5 aliphatic carbocycles. The molecule has 0 saturated heterocycles. The minimum absolute atomic E-state index is 0.00815. The largest absolute Gasteiger partial charge is 0.308 e. The third-order valence-corrected chi connectivity index (χ3v) is 16.2. The molecule has 2 unspecified atom stereocenters. The highest BCUT2D eigenvalue weighted by molar-refractivity contribution is 6.30. The molecule has 2 fully saturated rings. The van der Waals surface area contributed by atoms with Crippen LogP contribution in [0.3, 0.4) is 0 Å². The first-order valence-corrected chi connectivity index (χ1v) is 22.6. The van der Waals surface area contributed by atoms with Gasteiger partial charge in [0.05, 0.1) is 44.7 Å². The van der Waals surface area contributed by atoms with Crippen molar-refractivity contribution in [3.8, 4) is 6.07 Å². The van der Waals surface area contributed by atoms with E-state index in [1.165, 1.54) is 150 Å². The zero-order valence-electron chi connectivity index (χ0n) is 35.9. The Bertz CT molecular complexity index is 3360. The quantitative estimate of drug-likeness (QED) is 0.152. The number of hydrogen-bond acceptors (Lipinski definition) is 1. The molecule has 3 heteroatoms. The van der Waals surface area contributed by atoms with Crippen molar-refractivity contribution in [2.75, 3.05) is 0 Å². The van der Waals surface area contributed by atoms with Crippen LogP contribution < -0.4 is 0 Å². The highest BCUT2D eigenvalue weighted by Gasteiger charge is 2.45. The lowest BCUT2D eigenvalue weighted by atomic mass is 9.67. The van der Waals surface area contributed by atoms with Crippen molar-refractivity contribution < 1.29 is 0 Å². The molecule has 0 amide bonds. The first-order chi connectivity index (χ1) is 27.6. The van der Waals surface area contributed by atoms with E-state index in [1.807, 2.05) is 0 Å². The molecule has 4 aromatic heterocycles. The highest BCUT2D eigenvalue weighted by atomic mass is 14.9. The van der Waals surface area contributed by atoms with Crippen LogP contribution in [0.5, 0.6) is 0 Å². The van der Waals surface area contributed by atoms with Crippen molar-refractivity contribution in [3.05, 3.63) is 93.0 Å². The smallest absolute Gasteiger partial charge is 0.0995 e. The number of hydrogen-bond donors (Lipinski definition) is 0. The fraction of sp³-hybridized carbons (Fsp3) is 0.436. The molecule has 0 N–H and O–H groups in total. The molecule has 5 aromatic carbocycles. The van der Waals surface area contributed by atoms with Gasteiger partial charge in [-0.3, -0.25) is 0 Å². The van der Waals surface area contributed by atoms with E-state index in [4.69, 9.17) is 0 Å². The Kier molecular flexibility index (Phi) is 6.16. The zero-order chi connectivity index (χ0) is 39.7. The summed E-state index contributed by atoms with van der Waals surface area (Å²) in [5, 5.41) is 22.2.